The van der Waals surface area contributed by atoms with Gasteiger partial charge >= 0.3 is 0 Å². The molecule has 1 atom stereocenters. The van der Waals surface area contributed by atoms with Gasteiger partial charge in [0, 0.05) is 35.3 Å². The van der Waals surface area contributed by atoms with E-state index in [0.29, 0.717) is 34.5 Å². The highest BCUT2D eigenvalue weighted by molar-refractivity contribution is 7.99. The summed E-state index contributed by atoms with van der Waals surface area (Å²) in [6, 6.07) is 22.0. The summed E-state index contributed by atoms with van der Waals surface area (Å²) in [6.07, 6.45) is 1.23. The van der Waals surface area contributed by atoms with E-state index in [1.165, 1.54) is 11.8 Å². The van der Waals surface area contributed by atoms with Crippen molar-refractivity contribution in [2.24, 2.45) is 0 Å². The van der Waals surface area contributed by atoms with Crippen LogP contribution in [0, 0.1) is 0 Å². The quantitative estimate of drug-likeness (QED) is 0.263. The van der Waals surface area contributed by atoms with Crippen LogP contribution in [0.25, 0.3) is 0 Å². The normalized spacial score (nSPS) is 11.6. The predicted octanol–water partition coefficient (Wildman–Crippen LogP) is 6.40. The number of hydrogen-bond donors (Lipinski definition) is 1. The molecule has 2 amide bonds. The van der Waals surface area contributed by atoms with E-state index in [4.69, 9.17) is 27.9 Å². The number of methoxy groups -OCH3 is 1. The molecule has 0 heterocycles. The van der Waals surface area contributed by atoms with Crippen molar-refractivity contribution in [2.45, 2.75) is 38.1 Å². The van der Waals surface area contributed by atoms with Gasteiger partial charge in [-0.3, -0.25) is 9.59 Å². The molecule has 0 spiro atoms. The number of halogens is 2. The van der Waals surface area contributed by atoms with Crippen molar-refractivity contribution in [3.8, 4) is 5.75 Å². The third-order valence-corrected chi connectivity index (χ3v) is 7.36. The van der Waals surface area contributed by atoms with Gasteiger partial charge in [0.1, 0.15) is 11.8 Å². The molecule has 3 aromatic carbocycles. The number of hydrogen-bond acceptors (Lipinski definition) is 4. The van der Waals surface area contributed by atoms with E-state index < -0.39 is 6.04 Å². The van der Waals surface area contributed by atoms with E-state index in [1.807, 2.05) is 67.6 Å². The Labute approximate surface area is 233 Å². The molecule has 8 heteroatoms. The summed E-state index contributed by atoms with van der Waals surface area (Å²) in [4.78, 5) is 28.7. The number of nitrogens with one attached hydrogen (secondary N) is 1. The van der Waals surface area contributed by atoms with Gasteiger partial charge in [-0.25, -0.2) is 0 Å². The Bertz CT molecular complexity index is 1180. The largest absolute Gasteiger partial charge is 0.497 e. The first-order valence-electron chi connectivity index (χ1n) is 12.2. The van der Waals surface area contributed by atoms with Crippen molar-refractivity contribution in [1.29, 1.82) is 0 Å². The minimum absolute atomic E-state index is 0.120. The van der Waals surface area contributed by atoms with Crippen molar-refractivity contribution < 1.29 is 14.3 Å². The fourth-order valence-corrected chi connectivity index (χ4v) is 5.33. The Morgan fingerprint density at radius 3 is 2.46 bits per heavy atom. The fraction of sp³-hybridized carbons (Fsp3) is 0.310. The lowest BCUT2D eigenvalue weighted by atomic mass is 10.0. The average molecular weight is 560 g/mol. The summed E-state index contributed by atoms with van der Waals surface area (Å²) in [5, 5.41) is 4.14. The number of ether oxygens (including phenoxy) is 1. The summed E-state index contributed by atoms with van der Waals surface area (Å²) in [5.41, 5.74) is 2.78. The third-order valence-electron chi connectivity index (χ3n) is 5.81. The maximum atomic E-state index is 13.7. The Morgan fingerprint density at radius 2 is 1.76 bits per heavy atom. The van der Waals surface area contributed by atoms with E-state index in [0.717, 1.165) is 23.1 Å². The second-order valence-electron chi connectivity index (χ2n) is 8.60. The second-order valence-corrected chi connectivity index (χ2v) is 10.4. The van der Waals surface area contributed by atoms with Gasteiger partial charge in [-0.05, 0) is 47.4 Å². The van der Waals surface area contributed by atoms with E-state index in [2.05, 4.69) is 5.32 Å². The summed E-state index contributed by atoms with van der Waals surface area (Å²) >= 11 is 13.8. The first-order chi connectivity index (χ1) is 17.9. The van der Waals surface area contributed by atoms with E-state index in [9.17, 15) is 9.59 Å². The zero-order valence-electron chi connectivity index (χ0n) is 21.1. The van der Waals surface area contributed by atoms with Gasteiger partial charge in [0.2, 0.25) is 11.8 Å². The van der Waals surface area contributed by atoms with Gasteiger partial charge in [-0.15, -0.1) is 11.8 Å². The van der Waals surface area contributed by atoms with Crippen LogP contribution in [0.5, 0.6) is 5.75 Å². The summed E-state index contributed by atoms with van der Waals surface area (Å²) in [5.74, 6) is 1.18. The number of nitrogens with zero attached hydrogens (tertiary/aromatic N) is 1. The lowest BCUT2D eigenvalue weighted by Crippen LogP contribution is -2.51. The molecule has 0 saturated carbocycles. The lowest BCUT2D eigenvalue weighted by Gasteiger charge is -2.31. The van der Waals surface area contributed by atoms with Crippen LogP contribution >= 0.6 is 35.0 Å². The molecule has 3 rings (SSSR count). The van der Waals surface area contributed by atoms with Crippen LogP contribution in [0.15, 0.2) is 72.8 Å². The lowest BCUT2D eigenvalue weighted by molar-refractivity contribution is -0.139. The van der Waals surface area contributed by atoms with Crippen LogP contribution < -0.4 is 10.1 Å². The highest BCUT2D eigenvalue weighted by atomic mass is 35.5. The Kier molecular flexibility index (Phi) is 11.6. The van der Waals surface area contributed by atoms with Gasteiger partial charge in [-0.1, -0.05) is 78.7 Å². The van der Waals surface area contributed by atoms with E-state index >= 15 is 0 Å². The first-order valence-corrected chi connectivity index (χ1v) is 14.1. The topological polar surface area (TPSA) is 58.6 Å². The zero-order valence-corrected chi connectivity index (χ0v) is 23.4. The molecule has 0 aromatic heterocycles. The molecule has 37 heavy (non-hydrogen) atoms. The molecular formula is C29H32Cl2N2O3S. The van der Waals surface area contributed by atoms with Crippen LogP contribution in [-0.4, -0.2) is 42.2 Å². The number of carbonyl (C=O) groups is 2. The molecule has 0 unspecified atom stereocenters. The first kappa shape index (κ1) is 28.9. The van der Waals surface area contributed by atoms with E-state index in [1.54, 1.807) is 24.1 Å². The maximum Gasteiger partial charge on any atom is 0.243 e. The number of thioether (sulfide) groups is 1. The Balaban J connectivity index is 1.85. The van der Waals surface area contributed by atoms with Crippen LogP contribution in [-0.2, 0) is 28.3 Å². The van der Waals surface area contributed by atoms with E-state index in [-0.39, 0.29) is 24.1 Å². The van der Waals surface area contributed by atoms with Gasteiger partial charge < -0.3 is 15.0 Å². The number of rotatable bonds is 13. The molecule has 3 aromatic rings. The standard InChI is InChI=1S/C29H32Cl2N2O3S/c1-3-14-32-29(35)27(16-21-8-5-4-6-9-21)33(18-22-10-7-11-25(15-22)36-2)28(34)20-37-19-23-12-13-24(30)17-26(23)31/h4-13,15,17,27H,3,14,16,18-20H2,1-2H3,(H,32,35)/t27-/m1/s1. The van der Waals surface area contributed by atoms with Crippen molar-refractivity contribution >= 4 is 46.8 Å². The SMILES string of the molecule is CCCNC(=O)[C@@H](Cc1ccccc1)N(Cc1cccc(OC)c1)C(=O)CSCc1ccc(Cl)cc1Cl. The van der Waals surface area contributed by atoms with Crippen molar-refractivity contribution in [2.75, 3.05) is 19.4 Å². The zero-order chi connectivity index (χ0) is 26.6. The second kappa shape index (κ2) is 14.9. The molecule has 1 N–H and O–H groups in total. The van der Waals surface area contributed by atoms with Crippen LogP contribution in [0.3, 0.4) is 0 Å². The number of amides is 2. The summed E-state index contributed by atoms with van der Waals surface area (Å²) < 4.78 is 5.38. The maximum absolute atomic E-state index is 13.7. The Hall–Kier alpha value is -2.67. The molecule has 0 aliphatic heterocycles. The summed E-state index contributed by atoms with van der Waals surface area (Å²) in [7, 11) is 1.61. The molecule has 0 aliphatic carbocycles. The van der Waals surface area contributed by atoms with Crippen LogP contribution in [0.4, 0.5) is 0 Å². The highest BCUT2D eigenvalue weighted by Gasteiger charge is 2.30. The highest BCUT2D eigenvalue weighted by Crippen LogP contribution is 2.26. The minimum atomic E-state index is -0.660. The average Bonchev–Trinajstić information content (AvgIpc) is 2.91. The Morgan fingerprint density at radius 1 is 1.00 bits per heavy atom. The molecular weight excluding hydrogens is 527 g/mol. The van der Waals surface area contributed by atoms with Crippen LogP contribution in [0.1, 0.15) is 30.0 Å². The van der Waals surface area contributed by atoms with Gasteiger partial charge in [-0.2, -0.15) is 0 Å². The molecule has 0 aliphatic rings. The molecule has 0 fully saturated rings. The molecule has 5 nitrogen and oxygen atoms in total. The predicted molar refractivity (Wildman–Crippen MR) is 153 cm³/mol. The molecule has 0 saturated heterocycles. The molecule has 196 valence electrons. The molecule has 0 bridgehead atoms. The summed E-state index contributed by atoms with van der Waals surface area (Å²) in [6.45, 7) is 2.84. The number of benzene rings is 3. The third kappa shape index (κ3) is 8.99. The monoisotopic (exact) mass is 558 g/mol. The van der Waals surface area contributed by atoms with Gasteiger partial charge in [0.25, 0.3) is 0 Å². The van der Waals surface area contributed by atoms with Gasteiger partial charge in [0.15, 0.2) is 0 Å². The minimum Gasteiger partial charge on any atom is -0.497 e. The van der Waals surface area contributed by atoms with Crippen molar-refractivity contribution in [3.05, 3.63) is 99.5 Å². The molecule has 0 radical (unpaired) electrons. The van der Waals surface area contributed by atoms with Crippen molar-refractivity contribution in [1.82, 2.24) is 10.2 Å². The van der Waals surface area contributed by atoms with Crippen molar-refractivity contribution in [3.63, 3.8) is 0 Å². The smallest absolute Gasteiger partial charge is 0.243 e. The number of carbonyl (C=O) groups excluding carboxylic acids is 2. The van der Waals surface area contributed by atoms with Gasteiger partial charge in [0.05, 0.1) is 12.9 Å². The fourth-order valence-electron chi connectivity index (χ4n) is 3.86. The van der Waals surface area contributed by atoms with Crippen LogP contribution in [0.2, 0.25) is 10.0 Å².